The Balaban J connectivity index is 1.29. The summed E-state index contributed by atoms with van der Waals surface area (Å²) >= 11 is 6.19. The summed E-state index contributed by atoms with van der Waals surface area (Å²) in [4.78, 5) is 24.7. The minimum atomic E-state index is -3.96. The normalized spacial score (nSPS) is 18.1. The Hall–Kier alpha value is -3.36. The van der Waals surface area contributed by atoms with Crippen LogP contribution in [-0.2, 0) is 19.4 Å². The van der Waals surface area contributed by atoms with E-state index in [1.54, 1.807) is 37.4 Å². The van der Waals surface area contributed by atoms with Crippen LogP contribution in [0.15, 0.2) is 76.2 Å². The SMILES string of the molecule is COC1=C(c2ccc(C(=O)NCCCNC(=O)C3=C(Cl)c4ccccc4S3(=O)=O)cc2)C(C)CC=C1. The first-order valence-corrected chi connectivity index (χ1v) is 13.5. The first-order chi connectivity index (χ1) is 17.3. The lowest BCUT2D eigenvalue weighted by Crippen LogP contribution is -2.31. The molecule has 7 nitrogen and oxygen atoms in total. The van der Waals surface area contributed by atoms with Crippen molar-refractivity contribution in [2.24, 2.45) is 5.92 Å². The average molecular weight is 527 g/mol. The van der Waals surface area contributed by atoms with Crippen molar-refractivity contribution < 1.29 is 22.7 Å². The van der Waals surface area contributed by atoms with Crippen LogP contribution >= 0.6 is 11.6 Å². The predicted molar refractivity (Wildman–Crippen MR) is 140 cm³/mol. The van der Waals surface area contributed by atoms with Gasteiger partial charge in [0.15, 0.2) is 4.91 Å². The largest absolute Gasteiger partial charge is 0.496 e. The summed E-state index contributed by atoms with van der Waals surface area (Å²) in [5, 5.41) is 5.32. The molecule has 0 bridgehead atoms. The lowest BCUT2D eigenvalue weighted by Gasteiger charge is -2.21. The number of sulfone groups is 1. The van der Waals surface area contributed by atoms with Gasteiger partial charge in [0.2, 0.25) is 9.84 Å². The van der Waals surface area contributed by atoms with Gasteiger partial charge in [-0.25, -0.2) is 8.42 Å². The van der Waals surface area contributed by atoms with Gasteiger partial charge in [0, 0.05) is 29.8 Å². The molecule has 0 radical (unpaired) electrons. The Labute approximate surface area is 215 Å². The van der Waals surface area contributed by atoms with E-state index in [9.17, 15) is 18.0 Å². The molecule has 1 atom stereocenters. The maximum absolute atomic E-state index is 12.7. The third-order valence-corrected chi connectivity index (χ3v) is 8.57. The second-order valence-corrected chi connectivity index (χ2v) is 10.8. The maximum atomic E-state index is 12.7. The van der Waals surface area contributed by atoms with Crippen molar-refractivity contribution in [2.75, 3.05) is 20.2 Å². The van der Waals surface area contributed by atoms with Crippen LogP contribution in [0, 0.1) is 5.92 Å². The highest BCUT2D eigenvalue weighted by Crippen LogP contribution is 2.41. The summed E-state index contributed by atoms with van der Waals surface area (Å²) in [7, 11) is -2.30. The van der Waals surface area contributed by atoms with Gasteiger partial charge >= 0.3 is 0 Å². The molecule has 1 heterocycles. The second kappa shape index (κ2) is 10.7. The fourth-order valence-electron chi connectivity index (χ4n) is 4.36. The second-order valence-electron chi connectivity index (χ2n) is 8.61. The number of nitrogens with one attached hydrogen (secondary N) is 2. The van der Waals surface area contributed by atoms with Gasteiger partial charge in [0.05, 0.1) is 17.0 Å². The first-order valence-electron chi connectivity index (χ1n) is 11.6. The van der Waals surface area contributed by atoms with Crippen molar-refractivity contribution in [3.63, 3.8) is 0 Å². The van der Waals surface area contributed by atoms with Gasteiger partial charge < -0.3 is 15.4 Å². The number of carbonyl (C=O) groups excluding carboxylic acids is 2. The van der Waals surface area contributed by atoms with Crippen LogP contribution in [0.5, 0.6) is 0 Å². The van der Waals surface area contributed by atoms with Crippen molar-refractivity contribution in [1.29, 1.82) is 0 Å². The molecule has 1 aliphatic carbocycles. The summed E-state index contributed by atoms with van der Waals surface area (Å²) < 4.78 is 30.9. The van der Waals surface area contributed by atoms with Gasteiger partial charge in [-0.05, 0) is 48.6 Å². The molecule has 4 rings (SSSR count). The number of rotatable bonds is 8. The molecular weight excluding hydrogens is 500 g/mol. The number of ether oxygens (including phenoxy) is 1. The number of fused-ring (bicyclic) bond motifs is 1. The third kappa shape index (κ3) is 4.96. The monoisotopic (exact) mass is 526 g/mol. The highest BCUT2D eigenvalue weighted by molar-refractivity contribution is 7.97. The van der Waals surface area contributed by atoms with E-state index >= 15 is 0 Å². The highest BCUT2D eigenvalue weighted by Gasteiger charge is 2.38. The van der Waals surface area contributed by atoms with Gasteiger partial charge in [-0.2, -0.15) is 0 Å². The van der Waals surface area contributed by atoms with Gasteiger partial charge in [-0.1, -0.05) is 54.9 Å². The van der Waals surface area contributed by atoms with Crippen LogP contribution in [-0.4, -0.2) is 40.4 Å². The van der Waals surface area contributed by atoms with Crippen molar-refractivity contribution in [3.8, 4) is 0 Å². The van der Waals surface area contributed by atoms with E-state index in [1.165, 1.54) is 6.07 Å². The molecule has 1 unspecified atom stereocenters. The lowest BCUT2D eigenvalue weighted by molar-refractivity contribution is -0.116. The molecular formula is C27H27ClN2O5S. The molecule has 2 amide bonds. The number of methoxy groups -OCH3 is 1. The maximum Gasteiger partial charge on any atom is 0.264 e. The van der Waals surface area contributed by atoms with Gasteiger partial charge in [0.25, 0.3) is 11.8 Å². The zero-order valence-electron chi connectivity index (χ0n) is 20.0. The van der Waals surface area contributed by atoms with Gasteiger partial charge in [-0.15, -0.1) is 0 Å². The van der Waals surface area contributed by atoms with Crippen LogP contribution in [0.2, 0.25) is 0 Å². The Bertz CT molecular complexity index is 1390. The standard InChI is InChI=1S/C27H27ClN2O5S/c1-17-7-5-9-21(35-2)23(17)18-11-13-19(14-12-18)26(31)29-15-6-16-30-27(32)25-24(28)20-8-3-4-10-22(20)36(25,33)34/h3-5,8-14,17H,6-7,15-16H2,1-2H3,(H,29,31)(H,30,32). The molecule has 0 saturated carbocycles. The van der Waals surface area contributed by atoms with Crippen LogP contribution in [0.3, 0.4) is 0 Å². The zero-order valence-corrected chi connectivity index (χ0v) is 21.6. The van der Waals surface area contributed by atoms with E-state index in [1.807, 2.05) is 18.2 Å². The molecule has 0 saturated heterocycles. The van der Waals surface area contributed by atoms with E-state index in [2.05, 4.69) is 23.6 Å². The van der Waals surface area contributed by atoms with Crippen LogP contribution in [0.1, 0.15) is 41.3 Å². The Kier molecular flexibility index (Phi) is 7.66. The lowest BCUT2D eigenvalue weighted by atomic mass is 9.87. The Morgan fingerprint density at radius 3 is 2.36 bits per heavy atom. The third-order valence-electron chi connectivity index (χ3n) is 6.21. The topological polar surface area (TPSA) is 102 Å². The van der Waals surface area contributed by atoms with Crippen LogP contribution < -0.4 is 10.6 Å². The molecule has 2 N–H and O–H groups in total. The van der Waals surface area contributed by atoms with E-state index in [0.29, 0.717) is 30.0 Å². The first kappa shape index (κ1) is 25.7. The number of carbonyl (C=O) groups is 2. The molecule has 0 spiro atoms. The minimum Gasteiger partial charge on any atom is -0.496 e. The quantitative estimate of drug-likeness (QED) is 0.500. The number of benzene rings is 2. The predicted octanol–water partition coefficient (Wildman–Crippen LogP) is 4.27. The number of allylic oxidation sites excluding steroid dienone is 3. The van der Waals surface area contributed by atoms with Crippen molar-refractivity contribution in [1.82, 2.24) is 10.6 Å². The summed E-state index contributed by atoms with van der Waals surface area (Å²) in [5.41, 5.74) is 2.98. The van der Waals surface area contributed by atoms with E-state index in [4.69, 9.17) is 16.3 Å². The molecule has 2 aliphatic rings. The zero-order chi connectivity index (χ0) is 25.9. The van der Waals surface area contributed by atoms with Crippen LogP contribution in [0.4, 0.5) is 0 Å². The van der Waals surface area contributed by atoms with Crippen molar-refractivity contribution in [2.45, 2.75) is 24.7 Å². The Morgan fingerprint density at radius 2 is 1.69 bits per heavy atom. The number of hydrogen-bond donors (Lipinski definition) is 2. The molecule has 1 aliphatic heterocycles. The summed E-state index contributed by atoms with van der Waals surface area (Å²) in [5.74, 6) is 0.165. The molecule has 0 fully saturated rings. The molecule has 9 heteroatoms. The molecule has 2 aromatic carbocycles. The minimum absolute atomic E-state index is 0.0302. The summed E-state index contributed by atoms with van der Waals surface area (Å²) in [6, 6.07) is 13.6. The smallest absolute Gasteiger partial charge is 0.264 e. The molecule has 0 aromatic heterocycles. The van der Waals surface area contributed by atoms with Gasteiger partial charge in [0.1, 0.15) is 5.76 Å². The van der Waals surface area contributed by atoms with E-state index < -0.39 is 20.6 Å². The van der Waals surface area contributed by atoms with Crippen molar-refractivity contribution >= 4 is 43.9 Å². The van der Waals surface area contributed by atoms with Crippen LogP contribution in [0.25, 0.3) is 10.6 Å². The fourth-order valence-corrected chi connectivity index (χ4v) is 6.58. The van der Waals surface area contributed by atoms with Gasteiger partial charge in [-0.3, -0.25) is 9.59 Å². The fraction of sp³-hybridized carbons (Fsp3) is 0.259. The molecule has 188 valence electrons. The van der Waals surface area contributed by atoms with Crippen molar-refractivity contribution in [3.05, 3.63) is 88.0 Å². The van der Waals surface area contributed by atoms with E-state index in [-0.39, 0.29) is 22.4 Å². The average Bonchev–Trinajstić information content (AvgIpc) is 3.08. The van der Waals surface area contributed by atoms with E-state index in [0.717, 1.165) is 23.3 Å². The Morgan fingerprint density at radius 1 is 1.03 bits per heavy atom. The summed E-state index contributed by atoms with van der Waals surface area (Å²) in [6.07, 6.45) is 5.42. The summed E-state index contributed by atoms with van der Waals surface area (Å²) in [6.45, 7) is 2.63. The number of halogens is 1. The molecule has 2 aromatic rings. The highest BCUT2D eigenvalue weighted by atomic mass is 35.5. The molecule has 36 heavy (non-hydrogen) atoms. The number of hydrogen-bond acceptors (Lipinski definition) is 5. The number of amides is 2.